The average molecular weight is 508 g/mol. The number of hydrogen-bond donors (Lipinski definition) is 4. The van der Waals surface area contributed by atoms with Crippen LogP contribution in [0.4, 0.5) is 22.1 Å². The minimum absolute atomic E-state index is 0.193. The summed E-state index contributed by atoms with van der Waals surface area (Å²) in [6.07, 6.45) is 4.81. The van der Waals surface area contributed by atoms with E-state index in [-0.39, 0.29) is 13.4 Å². The molecule has 11 nitrogen and oxygen atoms in total. The maximum Gasteiger partial charge on any atom is 0.319 e. The lowest BCUT2D eigenvalue weighted by molar-refractivity contribution is 0.174. The number of carbonyl (C=O) groups is 1. The van der Waals surface area contributed by atoms with Crippen molar-refractivity contribution in [3.8, 4) is 17.3 Å². The molecule has 1 aliphatic heterocycles. The van der Waals surface area contributed by atoms with E-state index < -0.39 is 12.1 Å². The first-order chi connectivity index (χ1) is 17.5. The van der Waals surface area contributed by atoms with E-state index in [9.17, 15) is 9.90 Å². The zero-order valence-corrected chi connectivity index (χ0v) is 19.9. The van der Waals surface area contributed by atoms with Crippen LogP contribution in [0.1, 0.15) is 17.2 Å². The molecule has 0 spiro atoms. The van der Waals surface area contributed by atoms with Crippen LogP contribution in [-0.4, -0.2) is 44.3 Å². The first kappa shape index (κ1) is 23.4. The number of carbonyl (C=O) groups excluding carboxylic acids is 1. The van der Waals surface area contributed by atoms with Gasteiger partial charge in [0, 0.05) is 28.5 Å². The van der Waals surface area contributed by atoms with Crippen LogP contribution < -0.4 is 25.4 Å². The maximum absolute atomic E-state index is 12.5. The highest BCUT2D eigenvalue weighted by atomic mass is 35.5. The van der Waals surface area contributed by atoms with E-state index in [0.29, 0.717) is 39.5 Å². The van der Waals surface area contributed by atoms with Crippen LogP contribution >= 0.6 is 11.6 Å². The van der Waals surface area contributed by atoms with Gasteiger partial charge >= 0.3 is 6.03 Å². The van der Waals surface area contributed by atoms with Crippen molar-refractivity contribution >= 4 is 35.0 Å². The third-order valence-corrected chi connectivity index (χ3v) is 5.61. The predicted molar refractivity (Wildman–Crippen MR) is 133 cm³/mol. The SMILES string of the molecule is Cc1cnc(Nc2ccc3c(c2)OCO3)nc1-n1cc(NC(=O)N[C@@H](CO)c2cccc(Cl)c2)cn1. The molecular weight excluding hydrogens is 486 g/mol. The summed E-state index contributed by atoms with van der Waals surface area (Å²) in [5, 5.41) is 23.1. The van der Waals surface area contributed by atoms with Crippen LogP contribution in [0.2, 0.25) is 5.02 Å². The van der Waals surface area contributed by atoms with Crippen molar-refractivity contribution in [3.63, 3.8) is 0 Å². The number of ether oxygens (including phenoxy) is 2. The standard InChI is InChI=1S/C24H22ClN7O4/c1-14-9-26-23(28-17-5-6-20-21(8-17)36-13-35-20)31-22(14)32-11-18(10-27-32)29-24(34)30-19(12-33)15-3-2-4-16(25)7-15/h2-11,19,33H,12-13H2,1H3,(H,26,28,31)(H2,29,30,34)/t19-/m0/s1. The largest absolute Gasteiger partial charge is 0.454 e. The molecule has 1 aliphatic rings. The second kappa shape index (κ2) is 10.1. The Hall–Kier alpha value is -4.35. The Balaban J connectivity index is 1.27. The summed E-state index contributed by atoms with van der Waals surface area (Å²) in [7, 11) is 0. The fourth-order valence-electron chi connectivity index (χ4n) is 3.61. The second-order valence-corrected chi connectivity index (χ2v) is 8.39. The Labute approximate surface area is 211 Å². The molecule has 4 N–H and O–H groups in total. The Morgan fingerprint density at radius 2 is 2.03 bits per heavy atom. The molecule has 12 heteroatoms. The number of rotatable bonds is 7. The van der Waals surface area contributed by atoms with Gasteiger partial charge in [-0.05, 0) is 36.8 Å². The van der Waals surface area contributed by atoms with Gasteiger partial charge in [-0.2, -0.15) is 10.1 Å². The van der Waals surface area contributed by atoms with Gasteiger partial charge in [0.1, 0.15) is 0 Å². The summed E-state index contributed by atoms with van der Waals surface area (Å²) in [5.74, 6) is 2.23. The smallest absolute Gasteiger partial charge is 0.319 e. The molecule has 0 radical (unpaired) electrons. The lowest BCUT2D eigenvalue weighted by Crippen LogP contribution is -2.34. The fourth-order valence-corrected chi connectivity index (χ4v) is 3.81. The number of urea groups is 1. The molecule has 3 heterocycles. The number of halogens is 1. The van der Waals surface area contributed by atoms with Gasteiger partial charge in [0.05, 0.1) is 30.7 Å². The van der Waals surface area contributed by atoms with E-state index in [0.717, 1.165) is 11.3 Å². The lowest BCUT2D eigenvalue weighted by atomic mass is 10.1. The van der Waals surface area contributed by atoms with Gasteiger partial charge in [0.15, 0.2) is 17.3 Å². The minimum atomic E-state index is -0.618. The molecule has 1 atom stereocenters. The number of aryl methyl sites for hydroxylation is 1. The maximum atomic E-state index is 12.5. The van der Waals surface area contributed by atoms with Crippen molar-refractivity contribution in [1.29, 1.82) is 0 Å². The van der Waals surface area contributed by atoms with Crippen molar-refractivity contribution in [1.82, 2.24) is 25.1 Å². The second-order valence-electron chi connectivity index (χ2n) is 7.96. The number of anilines is 3. The quantitative estimate of drug-likeness (QED) is 0.295. The summed E-state index contributed by atoms with van der Waals surface area (Å²) < 4.78 is 12.3. The number of aliphatic hydroxyl groups is 1. The monoisotopic (exact) mass is 507 g/mol. The molecule has 0 saturated carbocycles. The highest BCUT2D eigenvalue weighted by Gasteiger charge is 2.16. The lowest BCUT2D eigenvalue weighted by Gasteiger charge is -2.17. The first-order valence-electron chi connectivity index (χ1n) is 11.0. The molecule has 5 rings (SSSR count). The van der Waals surface area contributed by atoms with Crippen LogP contribution in [0.25, 0.3) is 5.82 Å². The summed E-state index contributed by atoms with van der Waals surface area (Å²) in [6, 6.07) is 11.3. The Kier molecular flexibility index (Phi) is 6.56. The number of amides is 2. The van der Waals surface area contributed by atoms with Gasteiger partial charge in [-0.25, -0.2) is 14.5 Å². The summed E-state index contributed by atoms with van der Waals surface area (Å²) in [6.45, 7) is 1.77. The molecular formula is C24H22ClN7O4. The van der Waals surface area contributed by atoms with Crippen molar-refractivity contribution in [2.24, 2.45) is 0 Å². The Bertz CT molecular complexity index is 1410. The average Bonchev–Trinajstić information content (AvgIpc) is 3.53. The molecule has 0 bridgehead atoms. The predicted octanol–water partition coefficient (Wildman–Crippen LogP) is 3.95. The zero-order chi connectivity index (χ0) is 25.1. The van der Waals surface area contributed by atoms with Gasteiger partial charge in [0.2, 0.25) is 12.7 Å². The Morgan fingerprint density at radius 1 is 1.17 bits per heavy atom. The number of hydrogen-bond acceptors (Lipinski definition) is 8. The van der Waals surface area contributed by atoms with Crippen LogP contribution in [0.5, 0.6) is 11.5 Å². The third kappa shape index (κ3) is 5.16. The number of nitrogens with one attached hydrogen (secondary N) is 3. The highest BCUT2D eigenvalue weighted by Crippen LogP contribution is 2.34. The van der Waals surface area contributed by atoms with Crippen molar-refractivity contribution in [2.45, 2.75) is 13.0 Å². The van der Waals surface area contributed by atoms with E-state index in [4.69, 9.17) is 21.1 Å². The van der Waals surface area contributed by atoms with Crippen molar-refractivity contribution in [2.75, 3.05) is 24.0 Å². The van der Waals surface area contributed by atoms with Gasteiger partial charge in [-0.15, -0.1) is 0 Å². The van der Waals surface area contributed by atoms with E-state index >= 15 is 0 Å². The minimum Gasteiger partial charge on any atom is -0.454 e. The van der Waals surface area contributed by atoms with E-state index in [2.05, 4.69) is 31.0 Å². The van der Waals surface area contributed by atoms with Crippen LogP contribution in [0, 0.1) is 6.92 Å². The summed E-state index contributed by atoms with van der Waals surface area (Å²) in [4.78, 5) is 21.4. The van der Waals surface area contributed by atoms with Gasteiger partial charge in [0.25, 0.3) is 0 Å². The molecule has 36 heavy (non-hydrogen) atoms. The number of aromatic nitrogens is 4. The van der Waals surface area contributed by atoms with Crippen molar-refractivity contribution in [3.05, 3.63) is 77.2 Å². The van der Waals surface area contributed by atoms with Gasteiger partial charge in [-0.3, -0.25) is 0 Å². The summed E-state index contributed by atoms with van der Waals surface area (Å²) >= 11 is 6.02. The Morgan fingerprint density at radius 3 is 2.86 bits per heavy atom. The molecule has 2 aromatic heterocycles. The van der Waals surface area contributed by atoms with Gasteiger partial charge in [-0.1, -0.05) is 23.7 Å². The number of benzene rings is 2. The molecule has 0 saturated heterocycles. The van der Waals surface area contributed by atoms with E-state index in [1.165, 1.54) is 10.9 Å². The first-order valence-corrected chi connectivity index (χ1v) is 11.4. The fraction of sp³-hybridized carbons (Fsp3) is 0.167. The molecule has 2 aromatic carbocycles. The summed E-state index contributed by atoms with van der Waals surface area (Å²) in [5.41, 5.74) is 2.66. The molecule has 184 valence electrons. The van der Waals surface area contributed by atoms with E-state index in [1.54, 1.807) is 36.7 Å². The number of nitrogens with zero attached hydrogens (tertiary/aromatic N) is 4. The molecule has 0 aliphatic carbocycles. The highest BCUT2D eigenvalue weighted by molar-refractivity contribution is 6.30. The van der Waals surface area contributed by atoms with Gasteiger partial charge < -0.3 is 30.5 Å². The number of fused-ring (bicyclic) bond motifs is 1. The molecule has 2 amide bonds. The molecule has 0 fully saturated rings. The van der Waals surface area contributed by atoms with Crippen LogP contribution in [0.3, 0.4) is 0 Å². The van der Waals surface area contributed by atoms with Crippen LogP contribution in [0.15, 0.2) is 61.1 Å². The molecule has 0 unspecified atom stereocenters. The molecule has 4 aromatic rings. The van der Waals surface area contributed by atoms with E-state index in [1.807, 2.05) is 25.1 Å². The topological polar surface area (TPSA) is 135 Å². The van der Waals surface area contributed by atoms with Crippen molar-refractivity contribution < 1.29 is 19.4 Å². The normalized spacial score (nSPS) is 12.8. The van der Waals surface area contributed by atoms with Crippen LogP contribution in [-0.2, 0) is 0 Å². The third-order valence-electron chi connectivity index (χ3n) is 5.37. The number of aliphatic hydroxyl groups excluding tert-OH is 1. The zero-order valence-electron chi connectivity index (χ0n) is 19.1.